The number of carbonyl (C=O) groups is 1. The van der Waals surface area contributed by atoms with Gasteiger partial charge in [0, 0.05) is 37.8 Å². The molecule has 1 amide bonds. The third-order valence-electron chi connectivity index (χ3n) is 4.61. The molecule has 0 unspecified atom stereocenters. The second kappa shape index (κ2) is 7.78. The van der Waals surface area contributed by atoms with Crippen LogP contribution in [0.15, 0.2) is 36.7 Å². The summed E-state index contributed by atoms with van der Waals surface area (Å²) in [5.74, 6) is 0.375. The van der Waals surface area contributed by atoms with Gasteiger partial charge >= 0.3 is 0 Å². The minimum atomic E-state index is -0.968. The third kappa shape index (κ3) is 4.76. The molecule has 2 aromatic rings. The quantitative estimate of drug-likeness (QED) is 0.820. The molecule has 2 N–H and O–H groups in total. The molecule has 1 aliphatic rings. The lowest BCUT2D eigenvalue weighted by Crippen LogP contribution is -2.45. The van der Waals surface area contributed by atoms with Gasteiger partial charge in [-0.1, -0.05) is 12.1 Å². The summed E-state index contributed by atoms with van der Waals surface area (Å²) in [5, 5.41) is 13.5. The van der Waals surface area contributed by atoms with Crippen molar-refractivity contribution in [1.29, 1.82) is 0 Å². The van der Waals surface area contributed by atoms with Crippen LogP contribution in [0.1, 0.15) is 24.1 Å². The molecule has 2 heterocycles. The molecule has 26 heavy (non-hydrogen) atoms. The Labute approximate surface area is 152 Å². The summed E-state index contributed by atoms with van der Waals surface area (Å²) in [7, 11) is 0. The zero-order valence-electron chi connectivity index (χ0n) is 14.8. The van der Waals surface area contributed by atoms with E-state index in [0.717, 1.165) is 17.1 Å². The minimum absolute atomic E-state index is 0.126. The first-order chi connectivity index (χ1) is 12.4. The van der Waals surface area contributed by atoms with Gasteiger partial charge in [0.2, 0.25) is 5.91 Å². The average molecular weight is 358 g/mol. The number of aryl methyl sites for hydroxylation is 2. The highest BCUT2D eigenvalue weighted by molar-refractivity contribution is 5.76. The number of nitrogens with one attached hydrogen (secondary N) is 1. The molecule has 1 atom stereocenters. The Hall–Kier alpha value is -2.54. The van der Waals surface area contributed by atoms with Crippen molar-refractivity contribution in [3.8, 4) is 0 Å². The maximum absolute atomic E-state index is 12.9. The highest BCUT2D eigenvalue weighted by Crippen LogP contribution is 2.25. The van der Waals surface area contributed by atoms with Crippen molar-refractivity contribution in [2.45, 2.75) is 31.8 Å². The van der Waals surface area contributed by atoms with Gasteiger partial charge in [-0.3, -0.25) is 4.79 Å². The Morgan fingerprint density at radius 3 is 2.85 bits per heavy atom. The van der Waals surface area contributed by atoms with Gasteiger partial charge < -0.3 is 15.3 Å². The second-order valence-corrected chi connectivity index (χ2v) is 6.82. The van der Waals surface area contributed by atoms with E-state index in [1.165, 1.54) is 18.5 Å². The zero-order chi connectivity index (χ0) is 18.6. The highest BCUT2D eigenvalue weighted by atomic mass is 19.1. The van der Waals surface area contributed by atoms with Crippen LogP contribution in [0.2, 0.25) is 0 Å². The number of carbonyl (C=O) groups excluding carboxylic acids is 1. The number of β-amino-alcohol motifs (C(OH)–C–C–N with tert-alkyl or cyclic N) is 1. The lowest BCUT2D eigenvalue weighted by atomic mass is 10.0. The summed E-state index contributed by atoms with van der Waals surface area (Å²) in [5.41, 5.74) is 0.815. The lowest BCUT2D eigenvalue weighted by molar-refractivity contribution is -0.122. The fraction of sp³-hybridized carbons (Fsp3) is 0.421. The van der Waals surface area contributed by atoms with Crippen LogP contribution in [0.25, 0.3) is 0 Å². The van der Waals surface area contributed by atoms with Gasteiger partial charge in [0.1, 0.15) is 23.6 Å². The van der Waals surface area contributed by atoms with Crippen molar-refractivity contribution in [2.24, 2.45) is 0 Å². The monoisotopic (exact) mass is 358 g/mol. The Morgan fingerprint density at radius 1 is 1.35 bits per heavy atom. The van der Waals surface area contributed by atoms with Crippen molar-refractivity contribution >= 4 is 11.7 Å². The van der Waals surface area contributed by atoms with Gasteiger partial charge in [-0.2, -0.15) is 0 Å². The number of benzene rings is 1. The van der Waals surface area contributed by atoms with E-state index in [1.807, 2.05) is 17.9 Å². The first kappa shape index (κ1) is 18.3. The first-order valence-corrected chi connectivity index (χ1v) is 8.71. The smallest absolute Gasteiger partial charge is 0.220 e. The minimum Gasteiger partial charge on any atom is -0.386 e. The van der Waals surface area contributed by atoms with Crippen LogP contribution in [0.3, 0.4) is 0 Å². The van der Waals surface area contributed by atoms with Crippen LogP contribution in [-0.2, 0) is 11.2 Å². The van der Waals surface area contributed by atoms with Crippen LogP contribution < -0.4 is 10.2 Å². The number of halogens is 1. The van der Waals surface area contributed by atoms with E-state index in [-0.39, 0.29) is 18.3 Å². The Kier molecular flexibility index (Phi) is 5.46. The van der Waals surface area contributed by atoms with Gasteiger partial charge in [-0.15, -0.1) is 0 Å². The van der Waals surface area contributed by atoms with Gasteiger partial charge in [0.05, 0.1) is 0 Å². The molecule has 1 saturated heterocycles. The third-order valence-corrected chi connectivity index (χ3v) is 4.61. The van der Waals surface area contributed by atoms with E-state index < -0.39 is 5.60 Å². The molecule has 6 nitrogen and oxygen atoms in total. The zero-order valence-corrected chi connectivity index (χ0v) is 14.8. The number of anilines is 1. The topological polar surface area (TPSA) is 78.4 Å². The number of amides is 1. The van der Waals surface area contributed by atoms with Gasteiger partial charge in [0.15, 0.2) is 0 Å². The van der Waals surface area contributed by atoms with Crippen LogP contribution in [-0.4, -0.2) is 46.2 Å². The van der Waals surface area contributed by atoms with Crippen LogP contribution >= 0.6 is 0 Å². The van der Waals surface area contributed by atoms with Crippen molar-refractivity contribution in [3.05, 3.63) is 53.7 Å². The number of hydrogen-bond acceptors (Lipinski definition) is 5. The van der Waals surface area contributed by atoms with Gasteiger partial charge in [0.25, 0.3) is 0 Å². The molecule has 0 saturated carbocycles. The predicted octanol–water partition coefficient (Wildman–Crippen LogP) is 1.61. The van der Waals surface area contributed by atoms with E-state index in [4.69, 9.17) is 0 Å². The van der Waals surface area contributed by atoms with Crippen molar-refractivity contribution in [3.63, 3.8) is 0 Å². The summed E-state index contributed by atoms with van der Waals surface area (Å²) >= 11 is 0. The molecule has 1 aromatic heterocycles. The van der Waals surface area contributed by atoms with Gasteiger partial charge in [-0.25, -0.2) is 14.4 Å². The maximum atomic E-state index is 12.9. The van der Waals surface area contributed by atoms with Crippen molar-refractivity contribution < 1.29 is 14.3 Å². The van der Waals surface area contributed by atoms with E-state index >= 15 is 0 Å². The fourth-order valence-electron chi connectivity index (χ4n) is 3.07. The normalized spacial score (nSPS) is 19.6. The predicted molar refractivity (Wildman–Crippen MR) is 96.3 cm³/mol. The van der Waals surface area contributed by atoms with E-state index in [1.54, 1.807) is 12.1 Å². The molecular formula is C19H23FN4O2. The first-order valence-electron chi connectivity index (χ1n) is 8.71. The molecule has 138 valence electrons. The Balaban J connectivity index is 1.46. The van der Waals surface area contributed by atoms with Crippen LogP contribution in [0.5, 0.6) is 0 Å². The molecule has 7 heteroatoms. The maximum Gasteiger partial charge on any atom is 0.220 e. The molecule has 0 aliphatic carbocycles. The standard InChI is InChI=1S/C19H23FN4O2/c1-14-10-17(23-13-22-14)24-9-8-19(26,12-24)11-21-18(25)7-4-15-2-5-16(20)6-3-15/h2-3,5-6,10,13,26H,4,7-9,11-12H2,1H3,(H,21,25)/t19-/m1/s1. The average Bonchev–Trinajstić information content (AvgIpc) is 3.02. The van der Waals surface area contributed by atoms with Crippen molar-refractivity contribution in [1.82, 2.24) is 15.3 Å². The number of hydrogen-bond donors (Lipinski definition) is 2. The number of nitrogens with zero attached hydrogens (tertiary/aromatic N) is 3. The molecule has 1 aromatic carbocycles. The number of rotatable bonds is 6. The van der Waals surface area contributed by atoms with Crippen LogP contribution in [0, 0.1) is 12.7 Å². The number of aliphatic hydroxyl groups is 1. The molecule has 0 radical (unpaired) electrons. The fourth-order valence-corrected chi connectivity index (χ4v) is 3.07. The summed E-state index contributed by atoms with van der Waals surface area (Å²) in [6.45, 7) is 3.20. The molecule has 1 fully saturated rings. The van der Waals surface area contributed by atoms with E-state index in [2.05, 4.69) is 15.3 Å². The van der Waals surface area contributed by atoms with Crippen molar-refractivity contribution in [2.75, 3.05) is 24.5 Å². The van der Waals surface area contributed by atoms with E-state index in [9.17, 15) is 14.3 Å². The summed E-state index contributed by atoms with van der Waals surface area (Å²) < 4.78 is 12.9. The molecule has 1 aliphatic heterocycles. The van der Waals surface area contributed by atoms with Gasteiger partial charge in [-0.05, 0) is 37.5 Å². The summed E-state index contributed by atoms with van der Waals surface area (Å²) in [6.07, 6.45) is 2.92. The highest BCUT2D eigenvalue weighted by Gasteiger charge is 2.36. The SMILES string of the molecule is Cc1cc(N2CC[C@@](O)(CNC(=O)CCc3ccc(F)cc3)C2)ncn1. The summed E-state index contributed by atoms with van der Waals surface area (Å²) in [6, 6.07) is 8.01. The van der Waals surface area contributed by atoms with Crippen LogP contribution in [0.4, 0.5) is 10.2 Å². The van der Waals surface area contributed by atoms with E-state index in [0.29, 0.717) is 32.4 Å². The Bertz CT molecular complexity index is 768. The second-order valence-electron chi connectivity index (χ2n) is 6.82. The molecular weight excluding hydrogens is 335 g/mol. The molecule has 0 spiro atoms. The number of aromatic nitrogens is 2. The molecule has 0 bridgehead atoms. The Morgan fingerprint density at radius 2 is 2.12 bits per heavy atom. The molecule has 3 rings (SSSR count). The lowest BCUT2D eigenvalue weighted by Gasteiger charge is -2.24. The largest absolute Gasteiger partial charge is 0.386 e. The summed E-state index contributed by atoms with van der Waals surface area (Å²) in [4.78, 5) is 22.4.